The third kappa shape index (κ3) is 5.78. The van der Waals surface area contributed by atoms with Crippen molar-refractivity contribution in [1.82, 2.24) is 0 Å². The third-order valence-corrected chi connectivity index (χ3v) is 4.78. The van der Waals surface area contributed by atoms with Gasteiger partial charge in [-0.1, -0.05) is 30.3 Å². The fourth-order valence-corrected chi connectivity index (χ4v) is 3.24. The Morgan fingerprint density at radius 2 is 1.39 bits per heavy atom. The molecule has 0 saturated carbocycles. The maximum absolute atomic E-state index is 12.9. The first kappa shape index (κ1) is 22.2. The van der Waals surface area contributed by atoms with E-state index in [2.05, 4.69) is 5.32 Å². The summed E-state index contributed by atoms with van der Waals surface area (Å²) in [5, 5.41) is 2.89. The van der Waals surface area contributed by atoms with E-state index in [4.69, 9.17) is 9.47 Å². The highest BCUT2D eigenvalue weighted by atomic mass is 16.5. The Hall–Kier alpha value is -3.48. The van der Waals surface area contributed by atoms with Crippen molar-refractivity contribution < 1.29 is 19.1 Å². The van der Waals surface area contributed by atoms with E-state index >= 15 is 0 Å². The number of hydrogen-bond donors (Lipinski definition) is 1. The lowest BCUT2D eigenvalue weighted by Crippen LogP contribution is -2.26. The Kier molecular flexibility index (Phi) is 7.54. The predicted octanol–water partition coefficient (Wildman–Crippen LogP) is 4.51. The van der Waals surface area contributed by atoms with Crippen LogP contribution in [0.15, 0.2) is 72.8 Å². The van der Waals surface area contributed by atoms with Crippen LogP contribution in [0.4, 0.5) is 11.4 Å². The van der Waals surface area contributed by atoms with Crippen LogP contribution in [-0.4, -0.2) is 33.1 Å². The summed E-state index contributed by atoms with van der Waals surface area (Å²) in [6, 6.07) is 21.8. The molecule has 0 aliphatic rings. The van der Waals surface area contributed by atoms with Crippen LogP contribution in [0.2, 0.25) is 0 Å². The van der Waals surface area contributed by atoms with Crippen molar-refractivity contribution in [3.63, 3.8) is 0 Å². The number of methoxy groups -OCH3 is 2. The van der Waals surface area contributed by atoms with Gasteiger partial charge < -0.3 is 19.7 Å². The number of amides is 2. The fourth-order valence-electron chi connectivity index (χ4n) is 3.24. The number of benzene rings is 3. The summed E-state index contributed by atoms with van der Waals surface area (Å²) in [6.07, 6.45) is 0. The molecular formula is C25H26N2O4. The Balaban J connectivity index is 1.75. The van der Waals surface area contributed by atoms with E-state index in [-0.39, 0.29) is 11.8 Å². The summed E-state index contributed by atoms with van der Waals surface area (Å²) in [7, 11) is 4.94. The summed E-state index contributed by atoms with van der Waals surface area (Å²) in [6.45, 7) is 0.882. The molecule has 160 valence electrons. The third-order valence-electron chi connectivity index (χ3n) is 4.78. The zero-order valence-electron chi connectivity index (χ0n) is 17.9. The molecule has 0 unspecified atom stereocenters. The molecule has 3 aromatic carbocycles. The van der Waals surface area contributed by atoms with Crippen LogP contribution in [-0.2, 0) is 22.7 Å². The molecule has 3 rings (SSSR count). The van der Waals surface area contributed by atoms with Crippen LogP contribution < -0.4 is 10.2 Å². The normalized spacial score (nSPS) is 10.5. The molecule has 6 heteroatoms. The molecule has 0 saturated heterocycles. The fraction of sp³-hybridized carbons (Fsp3) is 0.200. The maximum atomic E-state index is 12.9. The highest BCUT2D eigenvalue weighted by molar-refractivity contribution is 6.07. The second-order valence-corrected chi connectivity index (χ2v) is 7.14. The molecule has 0 atom stereocenters. The van der Waals surface area contributed by atoms with Crippen LogP contribution in [0.25, 0.3) is 0 Å². The van der Waals surface area contributed by atoms with E-state index in [1.165, 1.54) is 0 Å². The number of carbonyl (C=O) groups excluding carboxylic acids is 2. The highest BCUT2D eigenvalue weighted by Gasteiger charge is 2.15. The molecule has 2 amide bonds. The zero-order valence-corrected chi connectivity index (χ0v) is 17.9. The number of carbonyl (C=O) groups is 2. The number of anilines is 2. The number of nitrogens with one attached hydrogen (secondary N) is 1. The van der Waals surface area contributed by atoms with Gasteiger partial charge in [0.2, 0.25) is 0 Å². The Morgan fingerprint density at radius 3 is 2.03 bits per heavy atom. The van der Waals surface area contributed by atoms with Crippen LogP contribution in [0, 0.1) is 0 Å². The molecule has 0 radical (unpaired) electrons. The van der Waals surface area contributed by atoms with Gasteiger partial charge in [0.15, 0.2) is 0 Å². The first-order chi connectivity index (χ1) is 15.0. The molecule has 0 fully saturated rings. The highest BCUT2D eigenvalue weighted by Crippen LogP contribution is 2.21. The lowest BCUT2D eigenvalue weighted by atomic mass is 10.1. The topological polar surface area (TPSA) is 67.9 Å². The number of rotatable bonds is 8. The van der Waals surface area contributed by atoms with Crippen molar-refractivity contribution in [2.24, 2.45) is 0 Å². The average Bonchev–Trinajstić information content (AvgIpc) is 2.79. The standard InChI is InChI=1S/C25H26N2O4/c1-27(25(29)21-10-5-8-19(14-21)17-31-3)23-12-6-11-22(15-23)26-24(28)20-9-4-7-18(13-20)16-30-2/h4-15H,16-17H2,1-3H3,(H,26,28). The number of hydrogen-bond acceptors (Lipinski definition) is 4. The number of nitrogens with zero attached hydrogens (tertiary/aromatic N) is 1. The summed E-state index contributed by atoms with van der Waals surface area (Å²) in [5.41, 5.74) is 4.24. The minimum atomic E-state index is -0.226. The molecule has 0 aliphatic heterocycles. The number of ether oxygens (including phenoxy) is 2. The van der Waals surface area contributed by atoms with Crippen LogP contribution in [0.3, 0.4) is 0 Å². The molecular weight excluding hydrogens is 392 g/mol. The second-order valence-electron chi connectivity index (χ2n) is 7.14. The Morgan fingerprint density at radius 1 is 0.806 bits per heavy atom. The van der Waals surface area contributed by atoms with Gasteiger partial charge in [0.05, 0.1) is 13.2 Å². The smallest absolute Gasteiger partial charge is 0.258 e. The van der Waals surface area contributed by atoms with E-state index < -0.39 is 0 Å². The van der Waals surface area contributed by atoms with Crippen molar-refractivity contribution in [2.75, 3.05) is 31.5 Å². The van der Waals surface area contributed by atoms with Crippen LogP contribution in [0.1, 0.15) is 31.8 Å². The molecule has 0 bridgehead atoms. The van der Waals surface area contributed by atoms with Crippen LogP contribution in [0.5, 0.6) is 0 Å². The van der Waals surface area contributed by atoms with Gasteiger partial charge >= 0.3 is 0 Å². The molecule has 1 N–H and O–H groups in total. The predicted molar refractivity (Wildman–Crippen MR) is 121 cm³/mol. The van der Waals surface area contributed by atoms with Gasteiger partial charge in [-0.05, 0) is 53.6 Å². The summed E-state index contributed by atoms with van der Waals surface area (Å²) in [5.74, 6) is -0.370. The van der Waals surface area contributed by atoms with Crippen molar-refractivity contribution in [1.29, 1.82) is 0 Å². The minimum absolute atomic E-state index is 0.145. The monoisotopic (exact) mass is 418 g/mol. The van der Waals surface area contributed by atoms with Gasteiger partial charge in [0, 0.05) is 43.8 Å². The van der Waals surface area contributed by atoms with Crippen molar-refractivity contribution in [3.8, 4) is 0 Å². The van der Waals surface area contributed by atoms with Gasteiger partial charge in [0.25, 0.3) is 11.8 Å². The Labute approximate surface area is 182 Å². The van der Waals surface area contributed by atoms with E-state index in [0.717, 1.165) is 11.1 Å². The minimum Gasteiger partial charge on any atom is -0.380 e. The summed E-state index contributed by atoms with van der Waals surface area (Å²) >= 11 is 0. The van der Waals surface area contributed by atoms with Crippen LogP contribution >= 0.6 is 0 Å². The van der Waals surface area contributed by atoms with E-state index in [1.54, 1.807) is 62.6 Å². The van der Waals surface area contributed by atoms with Gasteiger partial charge in [-0.15, -0.1) is 0 Å². The first-order valence-corrected chi connectivity index (χ1v) is 9.87. The van der Waals surface area contributed by atoms with Crippen molar-refractivity contribution >= 4 is 23.2 Å². The quantitative estimate of drug-likeness (QED) is 0.585. The lowest BCUT2D eigenvalue weighted by molar-refractivity contribution is 0.0991. The maximum Gasteiger partial charge on any atom is 0.258 e. The van der Waals surface area contributed by atoms with Gasteiger partial charge in [0.1, 0.15) is 0 Å². The molecule has 0 aliphatic carbocycles. The zero-order chi connectivity index (χ0) is 22.2. The van der Waals surface area contributed by atoms with E-state index in [1.807, 2.05) is 36.4 Å². The molecule has 0 heterocycles. The Bertz CT molecular complexity index is 1060. The van der Waals surface area contributed by atoms with Crippen molar-refractivity contribution in [3.05, 3.63) is 95.1 Å². The average molecular weight is 418 g/mol. The summed E-state index contributed by atoms with van der Waals surface area (Å²) < 4.78 is 10.3. The van der Waals surface area contributed by atoms with E-state index in [0.29, 0.717) is 35.7 Å². The molecule has 0 aromatic heterocycles. The van der Waals surface area contributed by atoms with Gasteiger partial charge in [-0.25, -0.2) is 0 Å². The summed E-state index contributed by atoms with van der Waals surface area (Å²) in [4.78, 5) is 27.2. The van der Waals surface area contributed by atoms with Crippen molar-refractivity contribution in [2.45, 2.75) is 13.2 Å². The SMILES string of the molecule is COCc1cccc(C(=O)Nc2cccc(N(C)C(=O)c3cccc(COC)c3)c2)c1. The molecule has 31 heavy (non-hydrogen) atoms. The molecule has 6 nitrogen and oxygen atoms in total. The largest absolute Gasteiger partial charge is 0.380 e. The lowest BCUT2D eigenvalue weighted by Gasteiger charge is -2.19. The first-order valence-electron chi connectivity index (χ1n) is 9.87. The van der Waals surface area contributed by atoms with Gasteiger partial charge in [-0.2, -0.15) is 0 Å². The van der Waals surface area contributed by atoms with E-state index in [9.17, 15) is 9.59 Å². The molecule has 3 aromatic rings. The molecule has 0 spiro atoms. The van der Waals surface area contributed by atoms with Gasteiger partial charge in [-0.3, -0.25) is 9.59 Å². The second kappa shape index (κ2) is 10.5.